The monoisotopic (exact) mass is 294 g/mol. The van der Waals surface area contributed by atoms with Crippen LogP contribution in [0.5, 0.6) is 0 Å². The van der Waals surface area contributed by atoms with Crippen molar-refractivity contribution >= 4 is 17.5 Å². The van der Waals surface area contributed by atoms with Gasteiger partial charge >= 0.3 is 0 Å². The fraction of sp³-hybridized carbons (Fsp3) is 0.562. The molecule has 1 atom stereocenters. The molecular formula is C16H23ClN2O. The number of carbonyl (C=O) groups excluding carboxylic acids is 1. The van der Waals surface area contributed by atoms with Crippen LogP contribution in [0.25, 0.3) is 0 Å². The third kappa shape index (κ3) is 4.22. The van der Waals surface area contributed by atoms with Gasteiger partial charge in [0.15, 0.2) is 0 Å². The van der Waals surface area contributed by atoms with E-state index in [1.165, 1.54) is 0 Å². The quantitative estimate of drug-likeness (QED) is 0.877. The highest BCUT2D eigenvalue weighted by Gasteiger charge is 2.31. The first-order chi connectivity index (χ1) is 9.48. The minimum absolute atomic E-state index is 0.0500. The second-order valence-electron chi connectivity index (χ2n) is 6.01. The van der Waals surface area contributed by atoms with Gasteiger partial charge in [-0.25, -0.2) is 0 Å². The van der Waals surface area contributed by atoms with Crippen molar-refractivity contribution in [3.05, 3.63) is 34.9 Å². The zero-order valence-electron chi connectivity index (χ0n) is 12.0. The van der Waals surface area contributed by atoms with E-state index in [0.29, 0.717) is 6.42 Å². The normalized spacial score (nSPS) is 18.8. The van der Waals surface area contributed by atoms with Crippen molar-refractivity contribution in [3.63, 3.8) is 0 Å². The Bertz CT molecular complexity index is 469. The topological polar surface area (TPSA) is 55.1 Å². The van der Waals surface area contributed by atoms with Crippen LogP contribution in [0, 0.1) is 0 Å². The number of halogens is 1. The summed E-state index contributed by atoms with van der Waals surface area (Å²) in [6.45, 7) is 2.00. The Morgan fingerprint density at radius 2 is 2.05 bits per heavy atom. The van der Waals surface area contributed by atoms with E-state index in [2.05, 4.69) is 5.32 Å². The molecule has 1 aromatic carbocycles. The van der Waals surface area contributed by atoms with Crippen molar-refractivity contribution in [2.45, 2.75) is 57.0 Å². The molecule has 4 heteroatoms. The van der Waals surface area contributed by atoms with Crippen molar-refractivity contribution in [3.8, 4) is 0 Å². The predicted molar refractivity (Wildman–Crippen MR) is 82.8 cm³/mol. The summed E-state index contributed by atoms with van der Waals surface area (Å²) < 4.78 is 0. The Hall–Kier alpha value is -1.06. The number of amides is 1. The molecule has 1 aliphatic carbocycles. The Kier molecular flexibility index (Phi) is 5.06. The molecule has 0 saturated heterocycles. The summed E-state index contributed by atoms with van der Waals surface area (Å²) in [6.07, 6.45) is 5.36. The van der Waals surface area contributed by atoms with Gasteiger partial charge < -0.3 is 11.1 Å². The fourth-order valence-electron chi connectivity index (χ4n) is 2.95. The van der Waals surface area contributed by atoms with Gasteiger partial charge in [-0.2, -0.15) is 0 Å². The Morgan fingerprint density at radius 1 is 1.40 bits per heavy atom. The van der Waals surface area contributed by atoms with E-state index in [1.807, 2.05) is 31.2 Å². The van der Waals surface area contributed by atoms with Crippen LogP contribution >= 0.6 is 11.6 Å². The maximum absolute atomic E-state index is 12.1. The van der Waals surface area contributed by atoms with Crippen LogP contribution < -0.4 is 11.1 Å². The second kappa shape index (κ2) is 6.59. The van der Waals surface area contributed by atoms with Crippen molar-refractivity contribution < 1.29 is 4.79 Å². The molecule has 110 valence electrons. The van der Waals surface area contributed by atoms with Crippen molar-refractivity contribution in [1.29, 1.82) is 0 Å². The molecule has 0 heterocycles. The van der Waals surface area contributed by atoms with Gasteiger partial charge in [0.2, 0.25) is 5.91 Å². The molecule has 3 nitrogen and oxygen atoms in total. The van der Waals surface area contributed by atoms with Crippen LogP contribution in [0.2, 0.25) is 5.02 Å². The summed E-state index contributed by atoms with van der Waals surface area (Å²) in [7, 11) is 0. The lowest BCUT2D eigenvalue weighted by Gasteiger charge is -2.24. The average Bonchev–Trinajstić information content (AvgIpc) is 2.78. The minimum Gasteiger partial charge on any atom is -0.353 e. The third-order valence-corrected chi connectivity index (χ3v) is 4.37. The van der Waals surface area contributed by atoms with E-state index in [4.69, 9.17) is 17.3 Å². The zero-order valence-corrected chi connectivity index (χ0v) is 12.7. The lowest BCUT2D eigenvalue weighted by molar-refractivity contribution is -0.122. The molecule has 2 rings (SSSR count). The van der Waals surface area contributed by atoms with Gasteiger partial charge in [0, 0.05) is 23.0 Å². The lowest BCUT2D eigenvalue weighted by atomic mass is 9.94. The molecule has 0 aromatic heterocycles. The molecule has 1 fully saturated rings. The number of carbonyl (C=O) groups is 1. The summed E-state index contributed by atoms with van der Waals surface area (Å²) >= 11 is 6.13. The standard InChI is InChI=1S/C16H23ClN2O/c1-12(10-13-6-2-3-7-14(13)17)19-15(20)11-16(18)8-4-5-9-16/h2-3,6-7,12H,4-5,8-11,18H2,1H3,(H,19,20). The van der Waals surface area contributed by atoms with E-state index in [0.717, 1.165) is 42.7 Å². The van der Waals surface area contributed by atoms with Crippen molar-refractivity contribution in [2.75, 3.05) is 0 Å². The van der Waals surface area contributed by atoms with E-state index < -0.39 is 0 Å². The average molecular weight is 295 g/mol. The van der Waals surface area contributed by atoms with Crippen LogP contribution in [-0.2, 0) is 11.2 Å². The summed E-state index contributed by atoms with van der Waals surface area (Å²) in [5.74, 6) is 0.0500. The van der Waals surface area contributed by atoms with Crippen LogP contribution in [0.1, 0.15) is 44.6 Å². The summed E-state index contributed by atoms with van der Waals surface area (Å²) in [4.78, 5) is 12.1. The largest absolute Gasteiger partial charge is 0.353 e. The molecule has 1 unspecified atom stereocenters. The van der Waals surface area contributed by atoms with E-state index in [-0.39, 0.29) is 17.5 Å². The second-order valence-corrected chi connectivity index (χ2v) is 6.42. The first-order valence-corrected chi connectivity index (χ1v) is 7.68. The van der Waals surface area contributed by atoms with Crippen molar-refractivity contribution in [2.24, 2.45) is 5.73 Å². The molecule has 0 spiro atoms. The van der Waals surface area contributed by atoms with Gasteiger partial charge in [-0.05, 0) is 37.8 Å². The predicted octanol–water partition coefficient (Wildman–Crippen LogP) is 3.05. The number of hydrogen-bond acceptors (Lipinski definition) is 2. The first-order valence-electron chi connectivity index (χ1n) is 7.30. The summed E-state index contributed by atoms with van der Waals surface area (Å²) in [5.41, 5.74) is 7.01. The maximum atomic E-state index is 12.1. The Labute approximate surface area is 125 Å². The lowest BCUT2D eigenvalue weighted by Crippen LogP contribution is -2.44. The van der Waals surface area contributed by atoms with E-state index >= 15 is 0 Å². The molecule has 1 aliphatic rings. The van der Waals surface area contributed by atoms with Gasteiger partial charge in [-0.3, -0.25) is 4.79 Å². The van der Waals surface area contributed by atoms with Crippen LogP contribution in [0.3, 0.4) is 0 Å². The Morgan fingerprint density at radius 3 is 2.70 bits per heavy atom. The summed E-state index contributed by atoms with van der Waals surface area (Å²) in [5, 5.41) is 3.78. The van der Waals surface area contributed by atoms with Crippen LogP contribution in [-0.4, -0.2) is 17.5 Å². The van der Waals surface area contributed by atoms with Gasteiger partial charge in [0.25, 0.3) is 0 Å². The molecule has 1 amide bonds. The highest BCUT2D eigenvalue weighted by Crippen LogP contribution is 2.29. The number of hydrogen-bond donors (Lipinski definition) is 2. The SMILES string of the molecule is CC(Cc1ccccc1Cl)NC(=O)CC1(N)CCCC1. The number of benzene rings is 1. The molecule has 0 aliphatic heterocycles. The molecule has 1 aromatic rings. The van der Waals surface area contributed by atoms with E-state index in [1.54, 1.807) is 0 Å². The molecule has 0 bridgehead atoms. The van der Waals surface area contributed by atoms with Gasteiger partial charge in [0.1, 0.15) is 0 Å². The van der Waals surface area contributed by atoms with E-state index in [9.17, 15) is 4.79 Å². The van der Waals surface area contributed by atoms with Gasteiger partial charge in [-0.1, -0.05) is 42.6 Å². The zero-order chi connectivity index (χ0) is 14.6. The fourth-order valence-corrected chi connectivity index (χ4v) is 3.16. The maximum Gasteiger partial charge on any atom is 0.222 e. The highest BCUT2D eigenvalue weighted by atomic mass is 35.5. The van der Waals surface area contributed by atoms with Crippen LogP contribution in [0.15, 0.2) is 24.3 Å². The van der Waals surface area contributed by atoms with Crippen LogP contribution in [0.4, 0.5) is 0 Å². The third-order valence-electron chi connectivity index (χ3n) is 4.00. The molecule has 20 heavy (non-hydrogen) atoms. The number of rotatable bonds is 5. The minimum atomic E-state index is -0.284. The highest BCUT2D eigenvalue weighted by molar-refractivity contribution is 6.31. The summed E-state index contributed by atoms with van der Waals surface area (Å²) in [6, 6.07) is 7.80. The Balaban J connectivity index is 1.83. The molecule has 3 N–H and O–H groups in total. The number of nitrogens with two attached hydrogens (primary N) is 1. The smallest absolute Gasteiger partial charge is 0.222 e. The first kappa shape index (κ1) is 15.3. The molecular weight excluding hydrogens is 272 g/mol. The molecule has 0 radical (unpaired) electrons. The number of nitrogens with one attached hydrogen (secondary N) is 1. The van der Waals surface area contributed by atoms with Gasteiger partial charge in [-0.15, -0.1) is 0 Å². The molecule has 1 saturated carbocycles. The van der Waals surface area contributed by atoms with Crippen molar-refractivity contribution in [1.82, 2.24) is 5.32 Å². The van der Waals surface area contributed by atoms with Gasteiger partial charge in [0.05, 0.1) is 0 Å².